The van der Waals surface area contributed by atoms with Gasteiger partial charge in [-0.2, -0.15) is 0 Å². The standard InChI is InChI=1S/C3H6O3.C2H4O3.Zr/c1-2(4)3(5)6;3-1-2(4)5;/h2,4H,1H3,(H,5,6);3H,1H2,(H,4,5);. The summed E-state index contributed by atoms with van der Waals surface area (Å²) in [4.78, 5) is 18.6. The third-order valence-corrected chi connectivity index (χ3v) is 0.493. The van der Waals surface area contributed by atoms with E-state index in [1.165, 1.54) is 6.92 Å². The van der Waals surface area contributed by atoms with Crippen molar-refractivity contribution in [3.8, 4) is 0 Å². The second-order valence-electron chi connectivity index (χ2n) is 1.57. The SMILES string of the molecule is CC(O)C(=O)O.O=C(O)CO.[Zr]. The zero-order chi connectivity index (χ0) is 9.44. The van der Waals surface area contributed by atoms with Gasteiger partial charge in [0.25, 0.3) is 0 Å². The van der Waals surface area contributed by atoms with Crippen LogP contribution in [-0.4, -0.2) is 45.1 Å². The summed E-state index contributed by atoms with van der Waals surface area (Å²) in [7, 11) is 0. The quantitative estimate of drug-likeness (QED) is 0.479. The number of aliphatic carboxylic acids is 2. The van der Waals surface area contributed by atoms with Crippen LogP contribution in [0, 0.1) is 0 Å². The largest absolute Gasteiger partial charge is 0.480 e. The minimum atomic E-state index is -1.23. The van der Waals surface area contributed by atoms with Crippen LogP contribution in [0.15, 0.2) is 0 Å². The molecule has 0 rings (SSSR count). The molecule has 0 aromatic carbocycles. The monoisotopic (exact) mass is 256 g/mol. The van der Waals surface area contributed by atoms with Crippen LogP contribution in [0.25, 0.3) is 0 Å². The Hall–Kier alpha value is -0.257. The second kappa shape index (κ2) is 10.7. The van der Waals surface area contributed by atoms with Gasteiger partial charge in [0.15, 0.2) is 0 Å². The number of carboxylic acid groups (broad SMARTS) is 2. The average molecular weight is 257 g/mol. The fourth-order valence-corrected chi connectivity index (χ4v) is 0. The van der Waals surface area contributed by atoms with E-state index in [-0.39, 0.29) is 26.2 Å². The van der Waals surface area contributed by atoms with Gasteiger partial charge in [-0.1, -0.05) is 0 Å². The average Bonchev–Trinajstić information content (AvgIpc) is 1.89. The Bertz CT molecular complexity index is 134. The summed E-state index contributed by atoms with van der Waals surface area (Å²) in [6.07, 6.45) is -1.23. The Morgan fingerprint density at radius 2 is 1.50 bits per heavy atom. The fraction of sp³-hybridized carbons (Fsp3) is 0.600. The molecule has 12 heavy (non-hydrogen) atoms. The van der Waals surface area contributed by atoms with Gasteiger partial charge >= 0.3 is 11.9 Å². The van der Waals surface area contributed by atoms with Gasteiger partial charge in [0, 0.05) is 26.2 Å². The van der Waals surface area contributed by atoms with Gasteiger partial charge in [0.2, 0.25) is 0 Å². The Kier molecular flexibility index (Phi) is 15.9. The summed E-state index contributed by atoms with van der Waals surface area (Å²) < 4.78 is 0. The van der Waals surface area contributed by atoms with Crippen molar-refractivity contribution in [3.05, 3.63) is 0 Å². The Morgan fingerprint density at radius 3 is 1.50 bits per heavy atom. The van der Waals surface area contributed by atoms with Crippen LogP contribution < -0.4 is 0 Å². The van der Waals surface area contributed by atoms with Crippen LogP contribution in [0.3, 0.4) is 0 Å². The number of carbonyl (C=O) groups is 2. The molecule has 0 radical (unpaired) electrons. The smallest absolute Gasteiger partial charge is 0.332 e. The van der Waals surface area contributed by atoms with Gasteiger partial charge in [-0.05, 0) is 6.92 Å². The first-order valence-electron chi connectivity index (χ1n) is 2.65. The van der Waals surface area contributed by atoms with Crippen molar-refractivity contribution in [1.29, 1.82) is 0 Å². The molecule has 4 N–H and O–H groups in total. The van der Waals surface area contributed by atoms with E-state index in [1.807, 2.05) is 0 Å². The fourth-order valence-electron chi connectivity index (χ4n) is 0. The van der Waals surface area contributed by atoms with Crippen molar-refractivity contribution >= 4 is 11.9 Å². The number of aliphatic hydroxyl groups excluding tert-OH is 2. The maximum atomic E-state index is 9.45. The molecule has 0 saturated carbocycles. The topological polar surface area (TPSA) is 115 Å². The summed E-state index contributed by atoms with van der Waals surface area (Å²) in [6, 6.07) is 0. The van der Waals surface area contributed by atoms with Crippen LogP contribution >= 0.6 is 0 Å². The molecule has 0 aromatic heterocycles. The van der Waals surface area contributed by atoms with Crippen molar-refractivity contribution in [3.63, 3.8) is 0 Å². The summed E-state index contributed by atoms with van der Waals surface area (Å²) in [5, 5.41) is 30.8. The summed E-state index contributed by atoms with van der Waals surface area (Å²) in [6.45, 7) is 0.419. The molecule has 0 aliphatic rings. The minimum absolute atomic E-state index is 0. The first kappa shape index (κ1) is 17.7. The van der Waals surface area contributed by atoms with Gasteiger partial charge < -0.3 is 20.4 Å². The molecule has 0 amide bonds. The zero-order valence-electron chi connectivity index (χ0n) is 6.39. The molecule has 0 heterocycles. The third-order valence-electron chi connectivity index (χ3n) is 0.493. The molecular formula is C5H10O6Zr. The van der Waals surface area contributed by atoms with Crippen LogP contribution in [0.1, 0.15) is 6.92 Å². The van der Waals surface area contributed by atoms with Crippen LogP contribution in [0.4, 0.5) is 0 Å². The second-order valence-corrected chi connectivity index (χ2v) is 1.57. The van der Waals surface area contributed by atoms with Gasteiger partial charge in [-0.15, -0.1) is 0 Å². The molecule has 0 bridgehead atoms. The summed E-state index contributed by atoms with van der Waals surface area (Å²) in [5.41, 5.74) is 0. The van der Waals surface area contributed by atoms with Gasteiger partial charge in [-0.3, -0.25) is 0 Å². The Labute approximate surface area is 88.0 Å². The Morgan fingerprint density at radius 1 is 1.33 bits per heavy atom. The molecule has 1 atom stereocenters. The van der Waals surface area contributed by atoms with E-state index >= 15 is 0 Å². The van der Waals surface area contributed by atoms with Crippen molar-refractivity contribution < 1.29 is 56.2 Å². The molecule has 70 valence electrons. The van der Waals surface area contributed by atoms with E-state index in [1.54, 1.807) is 0 Å². The first-order valence-corrected chi connectivity index (χ1v) is 2.65. The van der Waals surface area contributed by atoms with E-state index in [9.17, 15) is 4.79 Å². The number of hydrogen-bond acceptors (Lipinski definition) is 4. The van der Waals surface area contributed by atoms with Gasteiger partial charge in [0.05, 0.1) is 0 Å². The minimum Gasteiger partial charge on any atom is -0.480 e. The molecule has 0 aliphatic heterocycles. The van der Waals surface area contributed by atoms with Crippen molar-refractivity contribution in [2.24, 2.45) is 0 Å². The van der Waals surface area contributed by atoms with E-state index in [4.69, 9.17) is 25.2 Å². The number of aliphatic hydroxyl groups is 2. The molecule has 6 nitrogen and oxygen atoms in total. The van der Waals surface area contributed by atoms with Gasteiger partial charge in [0.1, 0.15) is 12.7 Å². The molecular weight excluding hydrogens is 247 g/mol. The predicted molar refractivity (Wildman–Crippen MR) is 34.0 cm³/mol. The van der Waals surface area contributed by atoms with Gasteiger partial charge in [-0.25, -0.2) is 9.59 Å². The molecule has 0 aromatic rings. The van der Waals surface area contributed by atoms with E-state index in [0.717, 1.165) is 0 Å². The summed E-state index contributed by atoms with van der Waals surface area (Å²) in [5.74, 6) is -2.37. The number of hydrogen-bond donors (Lipinski definition) is 4. The summed E-state index contributed by atoms with van der Waals surface area (Å²) >= 11 is 0. The normalized spacial score (nSPS) is 9.92. The molecule has 0 aliphatic carbocycles. The maximum Gasteiger partial charge on any atom is 0.332 e. The molecule has 1 unspecified atom stereocenters. The van der Waals surface area contributed by atoms with E-state index in [0.29, 0.717) is 0 Å². The number of carboxylic acids is 2. The van der Waals surface area contributed by atoms with Crippen molar-refractivity contribution in [1.82, 2.24) is 0 Å². The number of rotatable bonds is 2. The van der Waals surface area contributed by atoms with E-state index in [2.05, 4.69) is 0 Å². The Balaban J connectivity index is -0.000000126. The first-order chi connectivity index (χ1) is 4.91. The molecule has 0 fully saturated rings. The van der Waals surface area contributed by atoms with Crippen molar-refractivity contribution in [2.75, 3.05) is 6.61 Å². The van der Waals surface area contributed by atoms with Crippen LogP contribution in [0.2, 0.25) is 0 Å². The molecule has 0 saturated heterocycles. The van der Waals surface area contributed by atoms with Crippen LogP contribution in [-0.2, 0) is 35.8 Å². The zero-order valence-corrected chi connectivity index (χ0v) is 8.85. The van der Waals surface area contributed by atoms with Crippen LogP contribution in [0.5, 0.6) is 0 Å². The maximum absolute atomic E-state index is 9.45. The molecule has 0 spiro atoms. The molecule has 7 heteroatoms. The van der Waals surface area contributed by atoms with E-state index < -0.39 is 24.6 Å². The van der Waals surface area contributed by atoms with Crippen molar-refractivity contribution in [2.45, 2.75) is 13.0 Å². The predicted octanol–water partition coefficient (Wildman–Crippen LogP) is -1.49. The third kappa shape index (κ3) is 22.6.